The highest BCUT2D eigenvalue weighted by Crippen LogP contribution is 2.42. The molecule has 6 nitrogen and oxygen atoms in total. The van der Waals surface area contributed by atoms with E-state index in [1.807, 2.05) is 30.3 Å². The molecule has 0 atom stereocenters. The Hall–Kier alpha value is -3.64. The fraction of sp³-hybridized carbons (Fsp3) is 0.200. The Morgan fingerprint density at radius 2 is 1.90 bits per heavy atom. The summed E-state index contributed by atoms with van der Waals surface area (Å²) < 4.78 is 17.2. The van der Waals surface area contributed by atoms with Crippen LogP contribution in [0, 0.1) is 0 Å². The molecular formula is C25H22N2O4. The number of Topliss-reactive ketones (excluding diaryl/α,β-unsaturated/α-hetero) is 1. The van der Waals surface area contributed by atoms with Gasteiger partial charge in [-0.25, -0.2) is 0 Å². The molecule has 0 radical (unpaired) electrons. The van der Waals surface area contributed by atoms with E-state index >= 15 is 0 Å². The summed E-state index contributed by atoms with van der Waals surface area (Å²) in [6.07, 6.45) is 6.02. The molecule has 0 saturated heterocycles. The van der Waals surface area contributed by atoms with Gasteiger partial charge in [-0.3, -0.25) is 14.7 Å². The van der Waals surface area contributed by atoms with Gasteiger partial charge in [0.2, 0.25) is 5.78 Å². The minimum Gasteiger partial charge on any atom is -0.497 e. The van der Waals surface area contributed by atoms with Gasteiger partial charge in [0.05, 0.1) is 18.2 Å². The summed E-state index contributed by atoms with van der Waals surface area (Å²) in [7, 11) is 1.67. The zero-order valence-electron chi connectivity index (χ0n) is 17.2. The van der Waals surface area contributed by atoms with E-state index in [1.165, 1.54) is 5.56 Å². The van der Waals surface area contributed by atoms with E-state index in [1.54, 1.807) is 31.6 Å². The number of hydrogen-bond donors (Lipinski definition) is 0. The van der Waals surface area contributed by atoms with Crippen LogP contribution in [0.4, 0.5) is 0 Å². The number of benzene rings is 2. The number of methoxy groups -OCH3 is 1. The fourth-order valence-corrected chi connectivity index (χ4v) is 3.84. The zero-order chi connectivity index (χ0) is 21.2. The lowest BCUT2D eigenvalue weighted by Gasteiger charge is -2.29. The van der Waals surface area contributed by atoms with E-state index in [2.05, 4.69) is 22.0 Å². The van der Waals surface area contributed by atoms with Crippen LogP contribution in [-0.2, 0) is 13.0 Å². The maximum Gasteiger partial charge on any atom is 0.231 e. The smallest absolute Gasteiger partial charge is 0.231 e. The van der Waals surface area contributed by atoms with Crippen LogP contribution in [0.1, 0.15) is 27.0 Å². The maximum absolute atomic E-state index is 12.9. The van der Waals surface area contributed by atoms with Crippen molar-refractivity contribution in [2.45, 2.75) is 13.0 Å². The van der Waals surface area contributed by atoms with Crippen molar-refractivity contribution in [2.24, 2.45) is 0 Å². The number of rotatable bonds is 5. The highest BCUT2D eigenvalue weighted by Gasteiger charge is 2.33. The lowest BCUT2D eigenvalue weighted by Crippen LogP contribution is -2.33. The highest BCUT2D eigenvalue weighted by molar-refractivity contribution is 6.15. The predicted molar refractivity (Wildman–Crippen MR) is 116 cm³/mol. The van der Waals surface area contributed by atoms with Gasteiger partial charge < -0.3 is 14.2 Å². The first-order valence-electron chi connectivity index (χ1n) is 10.2. The molecule has 3 aromatic rings. The van der Waals surface area contributed by atoms with Crippen LogP contribution in [0.3, 0.4) is 0 Å². The van der Waals surface area contributed by atoms with Crippen LogP contribution in [0.5, 0.6) is 17.2 Å². The second kappa shape index (κ2) is 8.24. The normalized spacial score (nSPS) is 16.4. The molecule has 2 aliphatic heterocycles. The molecule has 0 aliphatic carbocycles. The van der Waals surface area contributed by atoms with Crippen molar-refractivity contribution < 1.29 is 19.0 Å². The number of carbonyl (C=O) groups excluding carboxylic acids is 1. The van der Waals surface area contributed by atoms with Crippen LogP contribution in [0.15, 0.2) is 66.7 Å². The molecule has 0 bridgehead atoms. The SMILES string of the molecule is COc1ccc(CCN2COc3ccc4c(c3C2)O/C(=C\c2ccncc2)C4=O)cc1. The van der Waals surface area contributed by atoms with E-state index in [0.717, 1.165) is 35.6 Å². The number of nitrogens with zero attached hydrogens (tertiary/aromatic N) is 2. The average molecular weight is 414 g/mol. The van der Waals surface area contributed by atoms with Crippen LogP contribution in [0.2, 0.25) is 0 Å². The van der Waals surface area contributed by atoms with Crippen molar-refractivity contribution in [3.63, 3.8) is 0 Å². The fourth-order valence-electron chi connectivity index (χ4n) is 3.84. The van der Waals surface area contributed by atoms with Gasteiger partial charge in [-0.15, -0.1) is 0 Å². The largest absolute Gasteiger partial charge is 0.497 e. The molecule has 0 unspecified atom stereocenters. The molecule has 6 heteroatoms. The number of aromatic nitrogens is 1. The first-order chi connectivity index (χ1) is 15.2. The van der Waals surface area contributed by atoms with Crippen LogP contribution >= 0.6 is 0 Å². The number of fused-ring (bicyclic) bond motifs is 3. The van der Waals surface area contributed by atoms with E-state index in [9.17, 15) is 4.79 Å². The number of carbonyl (C=O) groups is 1. The van der Waals surface area contributed by atoms with Gasteiger partial charge in [-0.2, -0.15) is 0 Å². The summed E-state index contributed by atoms with van der Waals surface area (Å²) in [5.74, 6) is 2.45. The minimum atomic E-state index is -0.107. The van der Waals surface area contributed by atoms with E-state index < -0.39 is 0 Å². The van der Waals surface area contributed by atoms with Crippen molar-refractivity contribution in [1.29, 1.82) is 0 Å². The van der Waals surface area contributed by atoms with Gasteiger partial charge in [-0.1, -0.05) is 12.1 Å². The third kappa shape index (κ3) is 3.90. The van der Waals surface area contributed by atoms with Crippen molar-refractivity contribution >= 4 is 11.9 Å². The second-order valence-corrected chi connectivity index (χ2v) is 7.56. The summed E-state index contributed by atoms with van der Waals surface area (Å²) in [5, 5.41) is 0. The molecule has 156 valence electrons. The zero-order valence-corrected chi connectivity index (χ0v) is 17.2. The monoisotopic (exact) mass is 414 g/mol. The topological polar surface area (TPSA) is 60.9 Å². The number of hydrogen-bond acceptors (Lipinski definition) is 6. The Labute approximate surface area is 180 Å². The summed E-state index contributed by atoms with van der Waals surface area (Å²) in [6.45, 7) is 2.02. The lowest BCUT2D eigenvalue weighted by atomic mass is 10.0. The molecule has 0 spiro atoms. The van der Waals surface area contributed by atoms with Crippen molar-refractivity contribution in [3.05, 3.63) is 88.9 Å². The van der Waals surface area contributed by atoms with Crippen LogP contribution in [0.25, 0.3) is 6.08 Å². The number of pyridine rings is 1. The summed E-state index contributed by atoms with van der Waals surface area (Å²) in [6, 6.07) is 15.4. The Balaban J connectivity index is 1.33. The molecule has 5 rings (SSSR count). The Kier molecular flexibility index (Phi) is 5.14. The molecule has 1 aromatic heterocycles. The van der Waals surface area contributed by atoms with Gasteiger partial charge in [0.1, 0.15) is 24.0 Å². The number of ether oxygens (including phenoxy) is 3. The number of allylic oxidation sites excluding steroid dienone is 1. The maximum atomic E-state index is 12.9. The molecule has 0 N–H and O–H groups in total. The highest BCUT2D eigenvalue weighted by atomic mass is 16.5. The van der Waals surface area contributed by atoms with Gasteiger partial charge >= 0.3 is 0 Å². The van der Waals surface area contributed by atoms with Crippen molar-refractivity contribution in [2.75, 3.05) is 20.4 Å². The van der Waals surface area contributed by atoms with E-state index in [4.69, 9.17) is 14.2 Å². The molecule has 0 amide bonds. The molecule has 0 saturated carbocycles. The molecule has 0 fully saturated rings. The second-order valence-electron chi connectivity index (χ2n) is 7.56. The van der Waals surface area contributed by atoms with Crippen LogP contribution in [-0.4, -0.2) is 36.1 Å². The van der Waals surface area contributed by atoms with E-state index in [-0.39, 0.29) is 5.78 Å². The van der Waals surface area contributed by atoms with Gasteiger partial charge in [0, 0.05) is 25.5 Å². The summed E-state index contributed by atoms with van der Waals surface area (Å²) in [5.41, 5.74) is 3.61. The molecule has 31 heavy (non-hydrogen) atoms. The van der Waals surface area contributed by atoms with Gasteiger partial charge in [0.25, 0.3) is 0 Å². The Morgan fingerprint density at radius 1 is 1.10 bits per heavy atom. The number of ketones is 1. The minimum absolute atomic E-state index is 0.107. The summed E-state index contributed by atoms with van der Waals surface area (Å²) >= 11 is 0. The van der Waals surface area contributed by atoms with E-state index in [0.29, 0.717) is 30.3 Å². The van der Waals surface area contributed by atoms with Gasteiger partial charge in [-0.05, 0) is 60.0 Å². The predicted octanol–water partition coefficient (Wildman–Crippen LogP) is 4.10. The van der Waals surface area contributed by atoms with Gasteiger partial charge in [0.15, 0.2) is 5.76 Å². The quantitative estimate of drug-likeness (QED) is 0.586. The summed E-state index contributed by atoms with van der Waals surface area (Å²) in [4.78, 5) is 19.1. The average Bonchev–Trinajstić information content (AvgIpc) is 3.14. The standard InChI is InChI=1S/C25H22N2O4/c1-29-19-4-2-17(3-5-19)10-13-27-15-21-22(30-16-27)7-6-20-24(28)23(31-25(20)21)14-18-8-11-26-12-9-18/h2-9,11-12,14H,10,13,15-16H2,1H3/b23-14-. The first kappa shape index (κ1) is 19.3. The molecule has 2 aromatic carbocycles. The first-order valence-corrected chi connectivity index (χ1v) is 10.2. The molecule has 3 heterocycles. The third-order valence-corrected chi connectivity index (χ3v) is 5.56. The van der Waals surface area contributed by atoms with Crippen LogP contribution < -0.4 is 14.2 Å². The van der Waals surface area contributed by atoms with Crippen molar-refractivity contribution in [3.8, 4) is 17.2 Å². The molecule has 2 aliphatic rings. The van der Waals surface area contributed by atoms with Crippen molar-refractivity contribution in [1.82, 2.24) is 9.88 Å². The lowest BCUT2D eigenvalue weighted by molar-refractivity contribution is 0.0949. The molecular weight excluding hydrogens is 392 g/mol. The Bertz CT molecular complexity index is 1140. The Morgan fingerprint density at radius 3 is 2.68 bits per heavy atom. The third-order valence-electron chi connectivity index (χ3n) is 5.56.